The van der Waals surface area contributed by atoms with Crippen LogP contribution in [-0.4, -0.2) is 15.5 Å². The first-order valence-corrected chi connectivity index (χ1v) is 12.4. The first kappa shape index (κ1) is 21.6. The number of hydrogen-bond acceptors (Lipinski definition) is 3. The molecule has 2 unspecified atom stereocenters. The molecule has 0 N–H and O–H groups in total. The van der Waals surface area contributed by atoms with E-state index < -0.39 is 0 Å². The summed E-state index contributed by atoms with van der Waals surface area (Å²) in [5, 5.41) is 0. The standard InChI is InChI=1S/C24H38OS2/c1-3-5-7-9-18-11-13-23(14-12-18)17-24(22(23)25)16-20(26)19(15-21(24)27)10-8-6-4-2/h18-19H,3-17H2,1-2H3. The normalized spacial score (nSPS) is 36.4. The van der Waals surface area contributed by atoms with Gasteiger partial charge in [-0.15, -0.1) is 0 Å². The number of rotatable bonds is 8. The van der Waals surface area contributed by atoms with Crippen LogP contribution in [0.15, 0.2) is 0 Å². The minimum Gasteiger partial charge on any atom is -0.298 e. The van der Waals surface area contributed by atoms with Gasteiger partial charge in [0, 0.05) is 10.3 Å². The first-order valence-electron chi connectivity index (χ1n) is 11.6. The summed E-state index contributed by atoms with van der Waals surface area (Å²) < 4.78 is 0. The number of thiocarbonyl (C=S) groups is 2. The van der Waals surface area contributed by atoms with E-state index in [4.69, 9.17) is 24.4 Å². The SMILES string of the molecule is CCCCCC1CCC2(CC1)CC1(CC(=S)C(CCCCC)CC1=S)C2=O. The molecule has 27 heavy (non-hydrogen) atoms. The van der Waals surface area contributed by atoms with E-state index in [1.807, 2.05) is 0 Å². The fourth-order valence-electron chi connectivity index (χ4n) is 6.09. The van der Waals surface area contributed by atoms with Crippen molar-refractivity contribution in [2.24, 2.45) is 22.7 Å². The Hall–Kier alpha value is -0.150. The molecule has 2 atom stereocenters. The Bertz CT molecular complexity index is 573. The zero-order valence-electron chi connectivity index (χ0n) is 17.5. The van der Waals surface area contributed by atoms with E-state index in [0.29, 0.717) is 11.7 Å². The third-order valence-corrected chi connectivity index (χ3v) is 8.92. The number of Topliss-reactive ketones (excluding diaryl/α,β-unsaturated/α-hetero) is 1. The molecule has 0 amide bonds. The highest BCUT2D eigenvalue weighted by Crippen LogP contribution is 2.63. The minimum absolute atomic E-state index is 0.0318. The molecule has 0 aromatic carbocycles. The molecule has 3 saturated carbocycles. The topological polar surface area (TPSA) is 17.1 Å². The molecule has 1 nitrogen and oxygen atoms in total. The number of hydrogen-bond donors (Lipinski definition) is 0. The van der Waals surface area contributed by atoms with Crippen molar-refractivity contribution >= 4 is 39.9 Å². The fourth-order valence-corrected chi connectivity index (χ4v) is 6.98. The van der Waals surface area contributed by atoms with Crippen molar-refractivity contribution in [3.8, 4) is 0 Å². The van der Waals surface area contributed by atoms with Crippen LogP contribution in [0.3, 0.4) is 0 Å². The molecule has 2 spiro atoms. The maximum Gasteiger partial charge on any atom is 0.150 e. The van der Waals surface area contributed by atoms with Gasteiger partial charge in [-0.2, -0.15) is 0 Å². The van der Waals surface area contributed by atoms with Crippen LogP contribution in [0.5, 0.6) is 0 Å². The van der Waals surface area contributed by atoms with Gasteiger partial charge < -0.3 is 0 Å². The largest absolute Gasteiger partial charge is 0.298 e. The summed E-state index contributed by atoms with van der Waals surface area (Å²) in [5.74, 6) is 1.80. The van der Waals surface area contributed by atoms with E-state index in [1.54, 1.807) is 0 Å². The van der Waals surface area contributed by atoms with Gasteiger partial charge in [0.15, 0.2) is 0 Å². The van der Waals surface area contributed by atoms with E-state index in [2.05, 4.69) is 13.8 Å². The van der Waals surface area contributed by atoms with Crippen molar-refractivity contribution in [1.29, 1.82) is 0 Å². The van der Waals surface area contributed by atoms with Crippen LogP contribution in [0.25, 0.3) is 0 Å². The molecular formula is C24H38OS2. The molecule has 0 aromatic rings. The Morgan fingerprint density at radius 1 is 0.963 bits per heavy atom. The zero-order valence-corrected chi connectivity index (χ0v) is 19.1. The van der Waals surface area contributed by atoms with Gasteiger partial charge >= 0.3 is 0 Å². The lowest BCUT2D eigenvalue weighted by Gasteiger charge is -2.59. The molecule has 0 aliphatic heterocycles. The molecule has 0 heterocycles. The minimum atomic E-state index is -0.331. The van der Waals surface area contributed by atoms with Crippen molar-refractivity contribution in [2.75, 3.05) is 0 Å². The van der Waals surface area contributed by atoms with Gasteiger partial charge in [0.25, 0.3) is 0 Å². The Balaban J connectivity index is 1.54. The Morgan fingerprint density at radius 2 is 1.59 bits per heavy atom. The predicted molar refractivity (Wildman–Crippen MR) is 123 cm³/mol. The highest BCUT2D eigenvalue weighted by Gasteiger charge is 2.65. The zero-order chi connectivity index (χ0) is 19.5. The quantitative estimate of drug-likeness (QED) is 0.308. The van der Waals surface area contributed by atoms with Gasteiger partial charge in [-0.3, -0.25) is 4.79 Å². The van der Waals surface area contributed by atoms with Gasteiger partial charge in [0.05, 0.1) is 5.41 Å². The summed E-state index contributed by atoms with van der Waals surface area (Å²) in [5.41, 5.74) is -0.362. The van der Waals surface area contributed by atoms with Gasteiger partial charge in [-0.25, -0.2) is 0 Å². The van der Waals surface area contributed by atoms with Crippen molar-refractivity contribution < 1.29 is 4.79 Å². The van der Waals surface area contributed by atoms with Crippen LogP contribution in [0.1, 0.15) is 110 Å². The summed E-state index contributed by atoms with van der Waals surface area (Å²) in [6, 6.07) is 0. The molecule has 3 aliphatic carbocycles. The first-order chi connectivity index (χ1) is 13.0. The summed E-state index contributed by atoms with van der Waals surface area (Å²) in [4.78, 5) is 15.7. The van der Waals surface area contributed by atoms with Crippen LogP contribution in [0.2, 0.25) is 0 Å². The Morgan fingerprint density at radius 3 is 2.19 bits per heavy atom. The lowest BCUT2D eigenvalue weighted by atomic mass is 9.43. The molecule has 3 heteroatoms. The van der Waals surface area contributed by atoms with E-state index in [0.717, 1.165) is 47.8 Å². The van der Waals surface area contributed by atoms with Crippen LogP contribution in [0, 0.1) is 22.7 Å². The molecule has 3 rings (SSSR count). The van der Waals surface area contributed by atoms with E-state index in [-0.39, 0.29) is 10.8 Å². The van der Waals surface area contributed by atoms with Crippen molar-refractivity contribution in [3.05, 3.63) is 0 Å². The van der Waals surface area contributed by atoms with Crippen molar-refractivity contribution in [3.63, 3.8) is 0 Å². The fraction of sp³-hybridized carbons (Fsp3) is 0.875. The van der Waals surface area contributed by atoms with Gasteiger partial charge in [0.1, 0.15) is 5.78 Å². The van der Waals surface area contributed by atoms with E-state index >= 15 is 0 Å². The van der Waals surface area contributed by atoms with Gasteiger partial charge in [-0.05, 0) is 68.1 Å². The third kappa shape index (κ3) is 4.25. The second kappa shape index (κ2) is 9.11. The molecule has 3 aliphatic rings. The molecule has 3 fully saturated rings. The molecule has 152 valence electrons. The molecule has 0 bridgehead atoms. The molecule has 0 radical (unpaired) electrons. The second-order valence-electron chi connectivity index (χ2n) is 9.77. The second-order valence-corrected chi connectivity index (χ2v) is 10.8. The van der Waals surface area contributed by atoms with Crippen LogP contribution in [0.4, 0.5) is 0 Å². The maximum atomic E-state index is 13.5. The number of carbonyl (C=O) groups is 1. The lowest BCUT2D eigenvalue weighted by molar-refractivity contribution is -0.155. The summed E-state index contributed by atoms with van der Waals surface area (Å²) >= 11 is 11.6. The summed E-state index contributed by atoms with van der Waals surface area (Å²) in [6.45, 7) is 4.51. The van der Waals surface area contributed by atoms with Gasteiger partial charge in [0.2, 0.25) is 0 Å². The monoisotopic (exact) mass is 406 g/mol. The molecule has 0 aromatic heterocycles. The summed E-state index contributed by atoms with van der Waals surface area (Å²) in [6.07, 6.45) is 17.8. The molecular weight excluding hydrogens is 368 g/mol. The number of ketones is 1. The highest BCUT2D eigenvalue weighted by molar-refractivity contribution is 7.81. The average Bonchev–Trinajstić information content (AvgIpc) is 2.67. The Labute approximate surface area is 177 Å². The van der Waals surface area contributed by atoms with Crippen molar-refractivity contribution in [2.45, 2.75) is 110 Å². The van der Waals surface area contributed by atoms with Crippen LogP contribution >= 0.6 is 24.4 Å². The molecule has 0 saturated heterocycles. The van der Waals surface area contributed by atoms with Crippen LogP contribution in [-0.2, 0) is 4.79 Å². The highest BCUT2D eigenvalue weighted by atomic mass is 32.1. The average molecular weight is 407 g/mol. The smallest absolute Gasteiger partial charge is 0.150 e. The van der Waals surface area contributed by atoms with E-state index in [9.17, 15) is 4.79 Å². The third-order valence-electron chi connectivity index (χ3n) is 7.89. The number of carbonyl (C=O) groups excluding carboxylic acids is 1. The lowest BCUT2D eigenvalue weighted by Crippen LogP contribution is -2.64. The summed E-state index contributed by atoms with van der Waals surface area (Å²) in [7, 11) is 0. The van der Waals surface area contributed by atoms with E-state index in [1.165, 1.54) is 64.2 Å². The van der Waals surface area contributed by atoms with Gasteiger partial charge in [-0.1, -0.05) is 83.2 Å². The van der Waals surface area contributed by atoms with Crippen molar-refractivity contribution in [1.82, 2.24) is 0 Å². The Kier molecular flexibility index (Phi) is 7.28. The number of unbranched alkanes of at least 4 members (excludes halogenated alkanes) is 4. The predicted octanol–water partition coefficient (Wildman–Crippen LogP) is 7.43. The maximum absolute atomic E-state index is 13.5. The van der Waals surface area contributed by atoms with Crippen LogP contribution < -0.4 is 0 Å².